The highest BCUT2D eigenvalue weighted by Gasteiger charge is 1.74. The molecule has 0 spiro atoms. The minimum atomic E-state index is 0.702. The Morgan fingerprint density at radius 2 is 1.91 bits per heavy atom. The van der Waals surface area contributed by atoms with Crippen LogP contribution in [0, 0.1) is 11.3 Å². The number of rotatable bonds is 2. The highest BCUT2D eigenvalue weighted by Crippen LogP contribution is 1.88. The van der Waals surface area contributed by atoms with E-state index in [4.69, 9.17) is 5.26 Å². The fourth-order valence-electron chi connectivity index (χ4n) is 0.316. The maximum atomic E-state index is 8.26. The molecule has 0 radical (unpaired) electrons. The maximum absolute atomic E-state index is 8.26. The Balaban J connectivity index is 0. The van der Waals surface area contributed by atoms with Crippen molar-refractivity contribution in [2.45, 2.75) is 20.8 Å². The van der Waals surface area contributed by atoms with Gasteiger partial charge in [0.15, 0.2) is 0 Å². The van der Waals surface area contributed by atoms with Gasteiger partial charge in [-0.25, -0.2) is 0 Å². The van der Waals surface area contributed by atoms with Crippen molar-refractivity contribution in [3.63, 3.8) is 0 Å². The van der Waals surface area contributed by atoms with Crippen LogP contribution in [0.2, 0.25) is 0 Å². The molecule has 0 aliphatic rings. The van der Waals surface area contributed by atoms with E-state index in [-0.39, 0.29) is 0 Å². The van der Waals surface area contributed by atoms with Crippen molar-refractivity contribution in [1.82, 2.24) is 0 Å². The molecule has 0 amide bonds. The maximum Gasteiger partial charge on any atom is 0.0944 e. The summed E-state index contributed by atoms with van der Waals surface area (Å²) in [5.74, 6) is 0. The standard InChI is InChI=1S/C8H9N.C2H6/c1-3-4-5-6-8(2)7-9;1-2/h3-6H,1H2,2H3;1-2H3/b5-4-,8-6+;. The molecule has 0 fully saturated rings. The van der Waals surface area contributed by atoms with Gasteiger partial charge in [0.05, 0.1) is 6.07 Å². The van der Waals surface area contributed by atoms with E-state index in [2.05, 4.69) is 6.58 Å². The number of hydrogen-bond acceptors (Lipinski definition) is 1. The Morgan fingerprint density at radius 1 is 1.36 bits per heavy atom. The quantitative estimate of drug-likeness (QED) is 0.437. The first-order valence-corrected chi connectivity index (χ1v) is 3.67. The zero-order valence-corrected chi connectivity index (χ0v) is 7.46. The zero-order valence-electron chi connectivity index (χ0n) is 7.46. The molecule has 60 valence electrons. The molecule has 1 heteroatoms. The van der Waals surface area contributed by atoms with Crippen LogP contribution in [0.15, 0.2) is 36.5 Å². The highest BCUT2D eigenvalue weighted by atomic mass is 14.2. The van der Waals surface area contributed by atoms with Crippen molar-refractivity contribution in [2.75, 3.05) is 0 Å². The van der Waals surface area contributed by atoms with Crippen LogP contribution in [-0.4, -0.2) is 0 Å². The summed E-state index contributed by atoms with van der Waals surface area (Å²) in [7, 11) is 0. The van der Waals surface area contributed by atoms with Crippen molar-refractivity contribution in [2.24, 2.45) is 0 Å². The van der Waals surface area contributed by atoms with Crippen molar-refractivity contribution in [3.05, 3.63) is 36.5 Å². The summed E-state index contributed by atoms with van der Waals surface area (Å²) in [6, 6.07) is 2.00. The fraction of sp³-hybridized carbons (Fsp3) is 0.300. The molecule has 0 bridgehead atoms. The molecule has 0 aromatic heterocycles. The van der Waals surface area contributed by atoms with E-state index in [1.54, 1.807) is 31.2 Å². The van der Waals surface area contributed by atoms with Crippen LogP contribution in [-0.2, 0) is 0 Å². The molecule has 0 aliphatic heterocycles. The summed E-state index contributed by atoms with van der Waals surface area (Å²) in [6.07, 6.45) is 6.97. The lowest BCUT2D eigenvalue weighted by atomic mass is 10.3. The summed E-state index contributed by atoms with van der Waals surface area (Å²) >= 11 is 0. The Labute approximate surface area is 69.4 Å². The third kappa shape index (κ3) is 12.0. The molecule has 1 nitrogen and oxygen atoms in total. The third-order valence-electron chi connectivity index (χ3n) is 0.770. The zero-order chi connectivity index (χ0) is 9.11. The van der Waals surface area contributed by atoms with Gasteiger partial charge in [-0.05, 0) is 13.0 Å². The van der Waals surface area contributed by atoms with E-state index < -0.39 is 0 Å². The van der Waals surface area contributed by atoms with Gasteiger partial charge in [-0.15, -0.1) is 0 Å². The van der Waals surface area contributed by atoms with Gasteiger partial charge < -0.3 is 0 Å². The van der Waals surface area contributed by atoms with Crippen molar-refractivity contribution >= 4 is 0 Å². The van der Waals surface area contributed by atoms with Gasteiger partial charge in [-0.2, -0.15) is 5.26 Å². The van der Waals surface area contributed by atoms with E-state index >= 15 is 0 Å². The van der Waals surface area contributed by atoms with Crippen LogP contribution in [0.25, 0.3) is 0 Å². The van der Waals surface area contributed by atoms with Gasteiger partial charge in [0.1, 0.15) is 0 Å². The van der Waals surface area contributed by atoms with Gasteiger partial charge in [0.2, 0.25) is 0 Å². The molecule has 0 saturated carbocycles. The second-order valence-corrected chi connectivity index (χ2v) is 1.58. The van der Waals surface area contributed by atoms with Crippen LogP contribution >= 0.6 is 0 Å². The lowest BCUT2D eigenvalue weighted by molar-refractivity contribution is 1.44. The van der Waals surface area contributed by atoms with Gasteiger partial charge in [0, 0.05) is 5.57 Å². The molecule has 0 aromatic carbocycles. The average molecular weight is 149 g/mol. The normalized spacial score (nSPS) is 9.82. The summed E-state index contributed by atoms with van der Waals surface area (Å²) in [4.78, 5) is 0. The Kier molecular flexibility index (Phi) is 13.0. The van der Waals surface area contributed by atoms with E-state index in [0.717, 1.165) is 0 Å². The second kappa shape index (κ2) is 11.5. The molecule has 0 aliphatic carbocycles. The van der Waals surface area contributed by atoms with E-state index in [0.29, 0.717) is 5.57 Å². The number of allylic oxidation sites excluding steroid dienone is 5. The predicted octanol–water partition coefficient (Wildman–Crippen LogP) is 3.22. The lowest BCUT2D eigenvalue weighted by Crippen LogP contribution is -1.61. The van der Waals surface area contributed by atoms with Crippen molar-refractivity contribution < 1.29 is 0 Å². The van der Waals surface area contributed by atoms with Gasteiger partial charge in [0.25, 0.3) is 0 Å². The van der Waals surface area contributed by atoms with Crippen LogP contribution < -0.4 is 0 Å². The van der Waals surface area contributed by atoms with Crippen molar-refractivity contribution in [3.8, 4) is 6.07 Å². The first-order chi connectivity index (χ1) is 5.31. The van der Waals surface area contributed by atoms with Crippen molar-refractivity contribution in [1.29, 1.82) is 5.26 Å². The molecule has 0 heterocycles. The topological polar surface area (TPSA) is 23.8 Å². The third-order valence-corrected chi connectivity index (χ3v) is 0.770. The molecule has 0 aromatic rings. The lowest BCUT2D eigenvalue weighted by Gasteiger charge is -1.75. The van der Waals surface area contributed by atoms with E-state index in [1.165, 1.54) is 0 Å². The molecule has 0 unspecified atom stereocenters. The van der Waals surface area contributed by atoms with Crippen LogP contribution in [0.1, 0.15) is 20.8 Å². The summed E-state index contributed by atoms with van der Waals surface area (Å²) < 4.78 is 0. The second-order valence-electron chi connectivity index (χ2n) is 1.58. The first kappa shape index (κ1) is 12.4. The molecular weight excluding hydrogens is 134 g/mol. The minimum Gasteiger partial charge on any atom is -0.193 e. The number of hydrogen-bond donors (Lipinski definition) is 0. The Bertz CT molecular complexity index is 180. The van der Waals surface area contributed by atoms with Gasteiger partial charge in [-0.1, -0.05) is 38.7 Å². The predicted molar refractivity (Wildman–Crippen MR) is 50.1 cm³/mol. The SMILES string of the molecule is C=C/C=C\C=C(/C)C#N.CC. The highest BCUT2D eigenvalue weighted by molar-refractivity contribution is 5.24. The van der Waals surface area contributed by atoms with Crippen LogP contribution in [0.4, 0.5) is 0 Å². The van der Waals surface area contributed by atoms with Crippen LogP contribution in [0.3, 0.4) is 0 Å². The van der Waals surface area contributed by atoms with E-state index in [9.17, 15) is 0 Å². The summed E-state index contributed by atoms with van der Waals surface area (Å²) in [6.45, 7) is 9.24. The minimum absolute atomic E-state index is 0.702. The monoisotopic (exact) mass is 149 g/mol. The Hall–Kier alpha value is -1.29. The smallest absolute Gasteiger partial charge is 0.0944 e. The molecule has 0 atom stereocenters. The molecule has 0 rings (SSSR count). The average Bonchev–Trinajstić information content (AvgIpc) is 2.08. The summed E-state index contributed by atoms with van der Waals surface area (Å²) in [5.41, 5.74) is 0.702. The fourth-order valence-corrected chi connectivity index (χ4v) is 0.316. The Morgan fingerprint density at radius 3 is 2.27 bits per heavy atom. The first-order valence-electron chi connectivity index (χ1n) is 3.67. The molecule has 0 N–H and O–H groups in total. The van der Waals surface area contributed by atoms with Gasteiger partial charge in [-0.3, -0.25) is 0 Å². The van der Waals surface area contributed by atoms with E-state index in [1.807, 2.05) is 19.9 Å². The molecular formula is C10H15N. The number of nitrogens with zero attached hydrogens (tertiary/aromatic N) is 1. The molecule has 0 saturated heterocycles. The molecule has 11 heavy (non-hydrogen) atoms. The van der Waals surface area contributed by atoms with Gasteiger partial charge >= 0.3 is 0 Å². The number of nitriles is 1. The largest absolute Gasteiger partial charge is 0.193 e. The van der Waals surface area contributed by atoms with Crippen LogP contribution in [0.5, 0.6) is 0 Å². The summed E-state index contributed by atoms with van der Waals surface area (Å²) in [5, 5.41) is 8.26.